The highest BCUT2D eigenvalue weighted by molar-refractivity contribution is 7.13. The summed E-state index contributed by atoms with van der Waals surface area (Å²) in [7, 11) is 3.18. The second-order valence-corrected chi connectivity index (χ2v) is 5.77. The molecule has 0 aliphatic heterocycles. The lowest BCUT2D eigenvalue weighted by Crippen LogP contribution is -1.90. The third-order valence-corrected chi connectivity index (χ3v) is 4.40. The van der Waals surface area contributed by atoms with Crippen molar-refractivity contribution in [1.82, 2.24) is 4.98 Å². The molecule has 1 heterocycles. The van der Waals surface area contributed by atoms with Gasteiger partial charge in [0, 0.05) is 28.6 Å². The molecule has 0 atom stereocenters. The van der Waals surface area contributed by atoms with Gasteiger partial charge in [0.2, 0.25) is 0 Å². The molecule has 2 aromatic carbocycles. The maximum atomic E-state index is 10.7. The molecule has 0 N–H and O–H groups in total. The first kappa shape index (κ1) is 15.9. The summed E-state index contributed by atoms with van der Waals surface area (Å²) in [5.74, 6) is 1.30. The smallest absolute Gasteiger partial charge is 0.269 e. The molecule has 0 radical (unpaired) electrons. The quantitative estimate of drug-likeness (QED) is 0.507. The predicted octanol–water partition coefficient (Wildman–Crippen LogP) is 4.40. The Labute approximate surface area is 142 Å². The van der Waals surface area contributed by atoms with Crippen LogP contribution in [0.1, 0.15) is 0 Å². The average Bonchev–Trinajstić information content (AvgIpc) is 3.11. The molecule has 0 spiro atoms. The van der Waals surface area contributed by atoms with Crippen LogP contribution in [-0.4, -0.2) is 24.1 Å². The van der Waals surface area contributed by atoms with Crippen molar-refractivity contribution >= 4 is 17.0 Å². The van der Waals surface area contributed by atoms with E-state index in [0.29, 0.717) is 11.5 Å². The van der Waals surface area contributed by atoms with E-state index in [0.717, 1.165) is 21.8 Å². The topological polar surface area (TPSA) is 74.5 Å². The highest BCUT2D eigenvalue weighted by Crippen LogP contribution is 2.35. The van der Waals surface area contributed by atoms with Gasteiger partial charge in [0.1, 0.15) is 5.01 Å². The van der Waals surface area contributed by atoms with Gasteiger partial charge in [0.25, 0.3) is 5.69 Å². The lowest BCUT2D eigenvalue weighted by Gasteiger charge is -2.08. The average molecular weight is 342 g/mol. The van der Waals surface area contributed by atoms with Crippen molar-refractivity contribution in [3.8, 4) is 33.3 Å². The Kier molecular flexibility index (Phi) is 4.43. The second kappa shape index (κ2) is 6.67. The van der Waals surface area contributed by atoms with Gasteiger partial charge in [-0.15, -0.1) is 11.3 Å². The summed E-state index contributed by atoms with van der Waals surface area (Å²) in [6.07, 6.45) is 0. The Bertz CT molecular complexity index is 875. The first-order chi connectivity index (χ1) is 11.6. The SMILES string of the molecule is COc1ccc(-c2nc(-c3ccc([N+](=O)[O-])cc3)cs2)cc1OC. The van der Waals surface area contributed by atoms with Crippen LogP contribution in [0.15, 0.2) is 47.8 Å². The molecular formula is C17H14N2O4S. The Morgan fingerprint density at radius 2 is 1.67 bits per heavy atom. The van der Waals surface area contributed by atoms with E-state index in [1.807, 2.05) is 23.6 Å². The van der Waals surface area contributed by atoms with Gasteiger partial charge in [0.15, 0.2) is 11.5 Å². The van der Waals surface area contributed by atoms with Crippen LogP contribution in [0.5, 0.6) is 11.5 Å². The molecule has 0 fully saturated rings. The number of methoxy groups -OCH3 is 2. The lowest BCUT2D eigenvalue weighted by molar-refractivity contribution is -0.384. The minimum Gasteiger partial charge on any atom is -0.493 e. The molecule has 0 saturated heterocycles. The zero-order chi connectivity index (χ0) is 17.1. The lowest BCUT2D eigenvalue weighted by atomic mass is 10.1. The Morgan fingerprint density at radius 3 is 2.29 bits per heavy atom. The van der Waals surface area contributed by atoms with E-state index in [9.17, 15) is 10.1 Å². The molecule has 122 valence electrons. The van der Waals surface area contributed by atoms with Gasteiger partial charge in [0.05, 0.1) is 24.8 Å². The summed E-state index contributed by atoms with van der Waals surface area (Å²) in [6.45, 7) is 0. The van der Waals surface area contributed by atoms with E-state index >= 15 is 0 Å². The van der Waals surface area contributed by atoms with Gasteiger partial charge in [-0.05, 0) is 30.3 Å². The minimum absolute atomic E-state index is 0.0640. The fraction of sp³-hybridized carbons (Fsp3) is 0.118. The third-order valence-electron chi connectivity index (χ3n) is 3.51. The standard InChI is InChI=1S/C17H14N2O4S/c1-22-15-8-5-12(9-16(15)23-2)17-18-14(10-24-17)11-3-6-13(7-4-11)19(20)21/h3-10H,1-2H3. The van der Waals surface area contributed by atoms with Gasteiger partial charge >= 0.3 is 0 Å². The number of hydrogen-bond acceptors (Lipinski definition) is 6. The van der Waals surface area contributed by atoms with Crippen LogP contribution in [-0.2, 0) is 0 Å². The van der Waals surface area contributed by atoms with E-state index in [-0.39, 0.29) is 5.69 Å². The maximum absolute atomic E-state index is 10.7. The Hall–Kier alpha value is -2.93. The van der Waals surface area contributed by atoms with Crippen LogP contribution in [0.2, 0.25) is 0 Å². The van der Waals surface area contributed by atoms with Crippen LogP contribution in [0.3, 0.4) is 0 Å². The molecule has 6 nitrogen and oxygen atoms in total. The van der Waals surface area contributed by atoms with E-state index in [2.05, 4.69) is 4.98 Å². The summed E-state index contributed by atoms with van der Waals surface area (Å²) < 4.78 is 10.5. The molecule has 0 unspecified atom stereocenters. The van der Waals surface area contributed by atoms with Crippen LogP contribution < -0.4 is 9.47 Å². The number of ether oxygens (including phenoxy) is 2. The van der Waals surface area contributed by atoms with E-state index < -0.39 is 4.92 Å². The highest BCUT2D eigenvalue weighted by atomic mass is 32.1. The molecule has 3 aromatic rings. The van der Waals surface area contributed by atoms with Crippen molar-refractivity contribution in [2.75, 3.05) is 14.2 Å². The van der Waals surface area contributed by atoms with Gasteiger partial charge < -0.3 is 9.47 Å². The molecule has 1 aromatic heterocycles. The molecular weight excluding hydrogens is 328 g/mol. The molecule has 0 bridgehead atoms. The Balaban J connectivity index is 1.91. The number of nitro benzene ring substituents is 1. The van der Waals surface area contributed by atoms with Crippen molar-refractivity contribution in [3.63, 3.8) is 0 Å². The van der Waals surface area contributed by atoms with Crippen LogP contribution in [0, 0.1) is 10.1 Å². The van der Waals surface area contributed by atoms with Crippen molar-refractivity contribution in [2.24, 2.45) is 0 Å². The fourth-order valence-corrected chi connectivity index (χ4v) is 3.09. The van der Waals surface area contributed by atoms with E-state index in [4.69, 9.17) is 9.47 Å². The van der Waals surface area contributed by atoms with E-state index in [1.54, 1.807) is 26.4 Å². The Morgan fingerprint density at radius 1 is 1.00 bits per heavy atom. The predicted molar refractivity (Wildman–Crippen MR) is 92.7 cm³/mol. The monoisotopic (exact) mass is 342 g/mol. The number of hydrogen-bond donors (Lipinski definition) is 0. The normalized spacial score (nSPS) is 10.4. The number of rotatable bonds is 5. The number of aromatic nitrogens is 1. The first-order valence-corrected chi connectivity index (χ1v) is 7.93. The van der Waals surface area contributed by atoms with Crippen molar-refractivity contribution in [1.29, 1.82) is 0 Å². The minimum atomic E-state index is -0.417. The van der Waals surface area contributed by atoms with Gasteiger partial charge in [-0.1, -0.05) is 0 Å². The molecule has 0 aliphatic rings. The molecule has 3 rings (SSSR count). The number of nitro groups is 1. The summed E-state index contributed by atoms with van der Waals surface area (Å²) >= 11 is 1.50. The fourth-order valence-electron chi connectivity index (χ4n) is 2.26. The van der Waals surface area contributed by atoms with Crippen molar-refractivity contribution in [2.45, 2.75) is 0 Å². The maximum Gasteiger partial charge on any atom is 0.269 e. The van der Waals surface area contributed by atoms with Crippen LogP contribution >= 0.6 is 11.3 Å². The number of nitrogens with zero attached hydrogens (tertiary/aromatic N) is 2. The largest absolute Gasteiger partial charge is 0.493 e. The number of benzene rings is 2. The molecule has 7 heteroatoms. The molecule has 0 amide bonds. The zero-order valence-electron chi connectivity index (χ0n) is 13.1. The van der Waals surface area contributed by atoms with E-state index in [1.165, 1.54) is 23.5 Å². The summed E-state index contributed by atoms with van der Waals surface area (Å²) in [5.41, 5.74) is 2.60. The first-order valence-electron chi connectivity index (χ1n) is 7.05. The number of non-ortho nitro benzene ring substituents is 1. The third kappa shape index (κ3) is 3.07. The van der Waals surface area contributed by atoms with Crippen LogP contribution in [0.25, 0.3) is 21.8 Å². The van der Waals surface area contributed by atoms with Gasteiger partial charge in [-0.25, -0.2) is 4.98 Å². The molecule has 0 aliphatic carbocycles. The summed E-state index contributed by atoms with van der Waals surface area (Å²) in [4.78, 5) is 14.9. The second-order valence-electron chi connectivity index (χ2n) is 4.91. The molecule has 24 heavy (non-hydrogen) atoms. The van der Waals surface area contributed by atoms with Crippen molar-refractivity contribution < 1.29 is 14.4 Å². The zero-order valence-corrected chi connectivity index (χ0v) is 13.9. The van der Waals surface area contributed by atoms with Crippen LogP contribution in [0.4, 0.5) is 5.69 Å². The van der Waals surface area contributed by atoms with Crippen molar-refractivity contribution in [3.05, 3.63) is 58.0 Å². The summed E-state index contributed by atoms with van der Waals surface area (Å²) in [6, 6.07) is 12.0. The highest BCUT2D eigenvalue weighted by Gasteiger charge is 2.11. The molecule has 0 saturated carbocycles. The summed E-state index contributed by atoms with van der Waals surface area (Å²) in [5, 5.41) is 13.5. The van der Waals surface area contributed by atoms with Gasteiger partial charge in [-0.2, -0.15) is 0 Å². The number of thiazole rings is 1. The van der Waals surface area contributed by atoms with Gasteiger partial charge in [-0.3, -0.25) is 10.1 Å².